The molecule has 0 fully saturated rings. The lowest BCUT2D eigenvalue weighted by molar-refractivity contribution is 0.317. The molecule has 0 aliphatic heterocycles. The van der Waals surface area contributed by atoms with Crippen LogP contribution in [0.3, 0.4) is 0 Å². The molecule has 0 saturated heterocycles. The van der Waals surface area contributed by atoms with E-state index in [9.17, 15) is 0 Å². The molecule has 0 N–H and O–H groups in total. The molecule has 5 heteroatoms. The molecule has 0 spiro atoms. The van der Waals surface area contributed by atoms with Gasteiger partial charge in [-0.05, 0) is 31.5 Å². The fourth-order valence-electron chi connectivity index (χ4n) is 1.45. The van der Waals surface area contributed by atoms with Crippen molar-refractivity contribution in [3.8, 4) is 17.2 Å². The maximum atomic E-state index is 5.88. The number of ether oxygens (including phenoxy) is 1. The van der Waals surface area contributed by atoms with Gasteiger partial charge < -0.3 is 9.15 Å². The molecule has 2 aromatic rings. The van der Waals surface area contributed by atoms with E-state index in [2.05, 4.69) is 17.1 Å². The molecule has 0 aliphatic carbocycles. The first-order chi connectivity index (χ1) is 8.70. The monoisotopic (exact) mass is 266 g/mol. The van der Waals surface area contributed by atoms with E-state index in [4.69, 9.17) is 20.8 Å². The highest BCUT2D eigenvalue weighted by Crippen LogP contribution is 2.26. The van der Waals surface area contributed by atoms with Crippen LogP contribution in [-0.2, 0) is 0 Å². The minimum Gasteiger partial charge on any atom is -0.494 e. The van der Waals surface area contributed by atoms with E-state index in [-0.39, 0.29) is 5.38 Å². The molecule has 0 aliphatic rings. The molecule has 1 aromatic heterocycles. The van der Waals surface area contributed by atoms with E-state index >= 15 is 0 Å². The molecule has 1 aromatic carbocycles. The maximum absolute atomic E-state index is 5.88. The predicted molar refractivity (Wildman–Crippen MR) is 69.8 cm³/mol. The van der Waals surface area contributed by atoms with Gasteiger partial charge in [0.05, 0.1) is 6.61 Å². The smallest absolute Gasteiger partial charge is 0.247 e. The summed E-state index contributed by atoms with van der Waals surface area (Å²) in [6.07, 6.45) is 0.971. The van der Waals surface area contributed by atoms with Gasteiger partial charge in [-0.25, -0.2) is 0 Å². The maximum Gasteiger partial charge on any atom is 0.247 e. The van der Waals surface area contributed by atoms with Gasteiger partial charge in [-0.3, -0.25) is 0 Å². The molecular formula is C13H15ClN2O2. The Balaban J connectivity index is 2.21. The van der Waals surface area contributed by atoms with Crippen LogP contribution < -0.4 is 4.74 Å². The van der Waals surface area contributed by atoms with Gasteiger partial charge in [0.15, 0.2) is 0 Å². The van der Waals surface area contributed by atoms with Gasteiger partial charge in [0.2, 0.25) is 11.8 Å². The highest BCUT2D eigenvalue weighted by atomic mass is 35.5. The van der Waals surface area contributed by atoms with Crippen molar-refractivity contribution in [2.45, 2.75) is 25.6 Å². The van der Waals surface area contributed by atoms with Crippen molar-refractivity contribution in [3.63, 3.8) is 0 Å². The van der Waals surface area contributed by atoms with Crippen LogP contribution in [-0.4, -0.2) is 16.8 Å². The Morgan fingerprint density at radius 3 is 2.89 bits per heavy atom. The Morgan fingerprint density at radius 2 is 2.22 bits per heavy atom. The quantitative estimate of drug-likeness (QED) is 0.772. The van der Waals surface area contributed by atoms with Gasteiger partial charge in [-0.1, -0.05) is 13.0 Å². The summed E-state index contributed by atoms with van der Waals surface area (Å²) in [5.74, 6) is 1.68. The first kappa shape index (κ1) is 12.9. The molecule has 0 saturated carbocycles. The van der Waals surface area contributed by atoms with Crippen molar-refractivity contribution in [1.29, 1.82) is 0 Å². The van der Waals surface area contributed by atoms with Crippen LogP contribution in [0.5, 0.6) is 5.75 Å². The SMILES string of the molecule is CCCOc1cccc(-c2nnc(C(C)Cl)o2)c1. The van der Waals surface area contributed by atoms with Crippen molar-refractivity contribution in [2.24, 2.45) is 0 Å². The van der Waals surface area contributed by atoms with E-state index in [1.165, 1.54) is 0 Å². The van der Waals surface area contributed by atoms with Crippen LogP contribution in [0.15, 0.2) is 28.7 Å². The second-order valence-corrected chi connectivity index (χ2v) is 4.59. The number of halogens is 1. The number of hydrogen-bond acceptors (Lipinski definition) is 4. The zero-order valence-corrected chi connectivity index (χ0v) is 11.1. The molecule has 2 rings (SSSR count). The number of nitrogens with zero attached hydrogens (tertiary/aromatic N) is 2. The largest absolute Gasteiger partial charge is 0.494 e. The average molecular weight is 267 g/mol. The molecule has 1 heterocycles. The predicted octanol–water partition coefficient (Wildman–Crippen LogP) is 3.83. The van der Waals surface area contributed by atoms with Crippen molar-refractivity contribution >= 4 is 11.6 Å². The standard InChI is InChI=1S/C13H15ClN2O2/c1-3-7-17-11-6-4-5-10(8-11)13-16-15-12(18-13)9(2)14/h4-6,8-9H,3,7H2,1-2H3. The van der Waals surface area contributed by atoms with E-state index in [0.29, 0.717) is 18.4 Å². The van der Waals surface area contributed by atoms with E-state index in [0.717, 1.165) is 17.7 Å². The molecule has 1 unspecified atom stereocenters. The van der Waals surface area contributed by atoms with Gasteiger partial charge in [0, 0.05) is 5.56 Å². The van der Waals surface area contributed by atoms with Crippen molar-refractivity contribution < 1.29 is 9.15 Å². The first-order valence-corrected chi connectivity index (χ1v) is 6.35. The lowest BCUT2D eigenvalue weighted by Gasteiger charge is -2.04. The van der Waals surface area contributed by atoms with Crippen LogP contribution in [0, 0.1) is 0 Å². The Hall–Kier alpha value is -1.55. The second kappa shape index (κ2) is 5.87. The van der Waals surface area contributed by atoms with E-state index in [1.54, 1.807) is 6.92 Å². The zero-order valence-electron chi connectivity index (χ0n) is 10.4. The Morgan fingerprint density at radius 1 is 1.39 bits per heavy atom. The van der Waals surface area contributed by atoms with Gasteiger partial charge in [0.25, 0.3) is 0 Å². The summed E-state index contributed by atoms with van der Waals surface area (Å²) in [5.41, 5.74) is 0.833. The summed E-state index contributed by atoms with van der Waals surface area (Å²) in [5, 5.41) is 7.58. The van der Waals surface area contributed by atoms with Gasteiger partial charge in [0.1, 0.15) is 11.1 Å². The molecule has 0 radical (unpaired) electrons. The number of benzene rings is 1. The number of rotatable bonds is 5. The Bertz CT molecular complexity index is 511. The van der Waals surface area contributed by atoms with Crippen molar-refractivity contribution in [1.82, 2.24) is 10.2 Å². The molecule has 18 heavy (non-hydrogen) atoms. The second-order valence-electron chi connectivity index (χ2n) is 3.94. The first-order valence-electron chi connectivity index (χ1n) is 5.91. The Kier molecular flexibility index (Phi) is 4.20. The average Bonchev–Trinajstić information content (AvgIpc) is 2.86. The normalized spacial score (nSPS) is 12.4. The number of hydrogen-bond donors (Lipinski definition) is 0. The van der Waals surface area contributed by atoms with Crippen LogP contribution in [0.4, 0.5) is 0 Å². The van der Waals surface area contributed by atoms with Gasteiger partial charge >= 0.3 is 0 Å². The molecular weight excluding hydrogens is 252 g/mol. The zero-order chi connectivity index (χ0) is 13.0. The highest BCUT2D eigenvalue weighted by Gasteiger charge is 2.12. The third-order valence-corrected chi connectivity index (χ3v) is 2.52. The lowest BCUT2D eigenvalue weighted by Crippen LogP contribution is -1.94. The van der Waals surface area contributed by atoms with Gasteiger partial charge in [-0.2, -0.15) is 0 Å². The van der Waals surface area contributed by atoms with E-state index < -0.39 is 0 Å². The topological polar surface area (TPSA) is 48.2 Å². The van der Waals surface area contributed by atoms with E-state index in [1.807, 2.05) is 24.3 Å². The lowest BCUT2D eigenvalue weighted by atomic mass is 10.2. The highest BCUT2D eigenvalue weighted by molar-refractivity contribution is 6.20. The number of aromatic nitrogens is 2. The summed E-state index contributed by atoms with van der Waals surface area (Å²) in [7, 11) is 0. The molecule has 1 atom stereocenters. The molecule has 0 bridgehead atoms. The fraction of sp³-hybridized carbons (Fsp3) is 0.385. The van der Waals surface area contributed by atoms with Crippen molar-refractivity contribution in [2.75, 3.05) is 6.61 Å². The van der Waals surface area contributed by atoms with Gasteiger partial charge in [-0.15, -0.1) is 21.8 Å². The van der Waals surface area contributed by atoms with Crippen LogP contribution >= 0.6 is 11.6 Å². The van der Waals surface area contributed by atoms with Crippen LogP contribution in [0.1, 0.15) is 31.5 Å². The molecule has 4 nitrogen and oxygen atoms in total. The third kappa shape index (κ3) is 3.01. The number of alkyl halides is 1. The summed E-state index contributed by atoms with van der Waals surface area (Å²) in [6.45, 7) is 4.55. The molecule has 96 valence electrons. The summed E-state index contributed by atoms with van der Waals surface area (Å²) in [6, 6.07) is 7.58. The summed E-state index contributed by atoms with van der Waals surface area (Å²) >= 11 is 5.88. The Labute approximate surface area is 111 Å². The minimum absolute atomic E-state index is 0.286. The summed E-state index contributed by atoms with van der Waals surface area (Å²) < 4.78 is 11.0. The molecule has 0 amide bonds. The van der Waals surface area contributed by atoms with Crippen LogP contribution in [0.2, 0.25) is 0 Å². The van der Waals surface area contributed by atoms with Crippen LogP contribution in [0.25, 0.3) is 11.5 Å². The third-order valence-electron chi connectivity index (χ3n) is 2.33. The van der Waals surface area contributed by atoms with Crippen molar-refractivity contribution in [3.05, 3.63) is 30.2 Å². The summed E-state index contributed by atoms with van der Waals surface area (Å²) in [4.78, 5) is 0. The fourth-order valence-corrected chi connectivity index (χ4v) is 1.54. The minimum atomic E-state index is -0.286.